The number of carbonyl (C=O) groups is 2. The van der Waals surface area contributed by atoms with Crippen LogP contribution in [0.5, 0.6) is 0 Å². The van der Waals surface area contributed by atoms with Crippen LogP contribution in [0.3, 0.4) is 0 Å². The van der Waals surface area contributed by atoms with E-state index in [4.69, 9.17) is 5.73 Å². The number of hydrogen-bond acceptors (Lipinski definition) is 3. The summed E-state index contributed by atoms with van der Waals surface area (Å²) in [5.41, 5.74) is 7.16. The predicted molar refractivity (Wildman–Crippen MR) is 99.0 cm³/mol. The van der Waals surface area contributed by atoms with Crippen LogP contribution in [-0.2, 0) is 4.79 Å². The number of carbonyl (C=O) groups excluding carboxylic acids is 2. The van der Waals surface area contributed by atoms with Gasteiger partial charge in [0.25, 0.3) is 5.56 Å². The second-order valence-electron chi connectivity index (χ2n) is 5.54. The fourth-order valence-corrected chi connectivity index (χ4v) is 2.51. The van der Waals surface area contributed by atoms with Gasteiger partial charge >= 0.3 is 0 Å². The van der Waals surface area contributed by atoms with Gasteiger partial charge in [-0.15, -0.1) is 0 Å². The summed E-state index contributed by atoms with van der Waals surface area (Å²) in [6.45, 7) is 0. The molecule has 1 heterocycles. The van der Waals surface area contributed by atoms with E-state index in [2.05, 4.69) is 5.32 Å². The van der Waals surface area contributed by atoms with Crippen molar-refractivity contribution < 1.29 is 9.59 Å². The van der Waals surface area contributed by atoms with Crippen LogP contribution < -0.4 is 16.6 Å². The van der Waals surface area contributed by atoms with Gasteiger partial charge in [-0.3, -0.25) is 19.0 Å². The lowest BCUT2D eigenvalue weighted by Gasteiger charge is -2.09. The Bertz CT molecular complexity index is 1010. The third-order valence-electron chi connectivity index (χ3n) is 3.75. The minimum Gasteiger partial charge on any atom is -0.366 e. The monoisotopic (exact) mass is 346 g/mol. The molecule has 2 amide bonds. The van der Waals surface area contributed by atoms with E-state index >= 15 is 0 Å². The highest BCUT2D eigenvalue weighted by atomic mass is 16.2. The lowest BCUT2D eigenvalue weighted by molar-refractivity contribution is -0.112. The number of rotatable bonds is 5. The molecule has 0 spiro atoms. The van der Waals surface area contributed by atoms with Gasteiger partial charge in [0.2, 0.25) is 11.8 Å². The number of nitrogens with two attached hydrogens (primary N) is 1. The van der Waals surface area contributed by atoms with Crippen molar-refractivity contribution in [2.75, 3.05) is 5.32 Å². The Morgan fingerprint density at radius 2 is 1.62 bits per heavy atom. The van der Waals surface area contributed by atoms with Gasteiger partial charge in [0.05, 0.1) is 6.42 Å². The van der Waals surface area contributed by atoms with Crippen molar-refractivity contribution in [2.45, 2.75) is 0 Å². The summed E-state index contributed by atoms with van der Waals surface area (Å²) >= 11 is 0. The van der Waals surface area contributed by atoms with Gasteiger partial charge in [-0.2, -0.15) is 0 Å². The molecule has 3 aromatic rings. The van der Waals surface area contributed by atoms with Crippen molar-refractivity contribution >= 4 is 17.5 Å². The second-order valence-corrected chi connectivity index (χ2v) is 5.54. The number of aromatic nitrogens is 1. The Labute approximate surface area is 149 Å². The average Bonchev–Trinajstić information content (AvgIpc) is 2.63. The van der Waals surface area contributed by atoms with E-state index in [1.54, 1.807) is 66.9 Å². The van der Waals surface area contributed by atoms with Crippen LogP contribution in [0.4, 0.5) is 5.69 Å². The molecule has 6 heteroatoms. The predicted octanol–water partition coefficient (Wildman–Crippen LogP) is 2.13. The van der Waals surface area contributed by atoms with Gasteiger partial charge in [0.15, 0.2) is 0 Å². The summed E-state index contributed by atoms with van der Waals surface area (Å²) in [4.78, 5) is 35.4. The summed E-state index contributed by atoms with van der Waals surface area (Å²) in [5, 5.41) is 2.72. The summed E-state index contributed by atoms with van der Waals surface area (Å²) < 4.78 is 1.50. The zero-order chi connectivity index (χ0) is 18.5. The molecule has 0 saturated carbocycles. The van der Waals surface area contributed by atoms with Gasteiger partial charge in [-0.05, 0) is 42.0 Å². The molecule has 6 nitrogen and oxygen atoms in total. The molecule has 26 heavy (non-hydrogen) atoms. The standard InChI is InChI=1S/C20H16N3O3/c21-20(26)17-6-2-1-5-14(17)13-18(24)22-15-8-10-16(11-9-15)23-12-4-3-7-19(23)25/h1-13H,(H2,21,26)(H,22,24). The third kappa shape index (κ3) is 3.87. The van der Waals surface area contributed by atoms with E-state index in [-0.39, 0.29) is 17.0 Å². The lowest BCUT2D eigenvalue weighted by atomic mass is 10.0. The van der Waals surface area contributed by atoms with Crippen molar-refractivity contribution in [3.63, 3.8) is 0 Å². The van der Waals surface area contributed by atoms with Crippen molar-refractivity contribution in [3.05, 3.63) is 101 Å². The maximum atomic E-state index is 12.2. The van der Waals surface area contributed by atoms with E-state index in [1.165, 1.54) is 17.1 Å². The maximum absolute atomic E-state index is 12.2. The summed E-state index contributed by atoms with van der Waals surface area (Å²) in [7, 11) is 0. The van der Waals surface area contributed by atoms with E-state index in [9.17, 15) is 14.4 Å². The highest BCUT2D eigenvalue weighted by molar-refractivity contribution is 6.03. The first kappa shape index (κ1) is 17.2. The molecule has 0 atom stereocenters. The normalized spacial score (nSPS) is 10.3. The summed E-state index contributed by atoms with van der Waals surface area (Å²) in [5.74, 6) is -0.981. The third-order valence-corrected chi connectivity index (χ3v) is 3.75. The first-order valence-corrected chi connectivity index (χ1v) is 7.87. The first-order chi connectivity index (χ1) is 12.5. The Morgan fingerprint density at radius 1 is 0.923 bits per heavy atom. The Morgan fingerprint density at radius 3 is 2.31 bits per heavy atom. The number of anilines is 1. The van der Waals surface area contributed by atoms with Crippen molar-refractivity contribution in [2.24, 2.45) is 5.73 Å². The highest BCUT2D eigenvalue weighted by Gasteiger charge is 2.12. The number of amides is 2. The molecule has 0 aliphatic rings. The molecule has 1 aromatic heterocycles. The van der Waals surface area contributed by atoms with Gasteiger partial charge in [0.1, 0.15) is 0 Å². The largest absolute Gasteiger partial charge is 0.366 e. The maximum Gasteiger partial charge on any atom is 0.255 e. The van der Waals surface area contributed by atoms with Gasteiger partial charge in [-0.1, -0.05) is 24.3 Å². The molecule has 2 aromatic carbocycles. The van der Waals surface area contributed by atoms with Crippen LogP contribution in [0.25, 0.3) is 5.69 Å². The molecule has 0 unspecified atom stereocenters. The number of primary amides is 1. The zero-order valence-corrected chi connectivity index (χ0v) is 13.8. The number of nitrogens with one attached hydrogen (secondary N) is 1. The van der Waals surface area contributed by atoms with Crippen LogP contribution in [-0.4, -0.2) is 16.4 Å². The highest BCUT2D eigenvalue weighted by Crippen LogP contribution is 2.15. The molecule has 3 N–H and O–H groups in total. The SMILES string of the molecule is NC(=O)c1ccccc1[CH]C(=O)Nc1ccc(-n2ccccc2=O)cc1. The molecule has 0 bridgehead atoms. The molecular weight excluding hydrogens is 330 g/mol. The Hall–Kier alpha value is -3.67. The van der Waals surface area contributed by atoms with E-state index in [0.29, 0.717) is 16.9 Å². The molecular formula is C20H16N3O3. The van der Waals surface area contributed by atoms with Crippen LogP contribution in [0.15, 0.2) is 77.7 Å². The van der Waals surface area contributed by atoms with Crippen LogP contribution >= 0.6 is 0 Å². The van der Waals surface area contributed by atoms with E-state index in [0.717, 1.165) is 0 Å². The molecule has 0 aliphatic carbocycles. The number of pyridine rings is 1. The number of benzene rings is 2. The fourth-order valence-electron chi connectivity index (χ4n) is 2.51. The molecule has 0 fully saturated rings. The van der Waals surface area contributed by atoms with Gasteiger partial charge in [0, 0.05) is 29.2 Å². The minimum atomic E-state index is -0.595. The molecule has 3 rings (SSSR count). The van der Waals surface area contributed by atoms with Gasteiger partial charge in [-0.25, -0.2) is 0 Å². The zero-order valence-electron chi connectivity index (χ0n) is 13.8. The molecule has 129 valence electrons. The number of nitrogens with zero attached hydrogens (tertiary/aromatic N) is 1. The molecule has 0 saturated heterocycles. The van der Waals surface area contributed by atoms with Gasteiger partial charge < -0.3 is 11.1 Å². The van der Waals surface area contributed by atoms with Crippen LogP contribution in [0.1, 0.15) is 15.9 Å². The Balaban J connectivity index is 1.72. The van der Waals surface area contributed by atoms with Crippen molar-refractivity contribution in [1.82, 2.24) is 4.57 Å². The quantitative estimate of drug-likeness (QED) is 0.741. The smallest absolute Gasteiger partial charge is 0.255 e. The average molecular weight is 346 g/mol. The summed E-state index contributed by atoms with van der Waals surface area (Å²) in [6.07, 6.45) is 2.99. The van der Waals surface area contributed by atoms with E-state index in [1.807, 2.05) is 0 Å². The topological polar surface area (TPSA) is 94.2 Å². The van der Waals surface area contributed by atoms with E-state index < -0.39 is 5.91 Å². The minimum absolute atomic E-state index is 0.138. The second kappa shape index (κ2) is 7.48. The van der Waals surface area contributed by atoms with Crippen LogP contribution in [0, 0.1) is 6.42 Å². The lowest BCUT2D eigenvalue weighted by Crippen LogP contribution is -2.18. The molecule has 0 aliphatic heterocycles. The fraction of sp³-hybridized carbons (Fsp3) is 0. The first-order valence-electron chi connectivity index (χ1n) is 7.87. The Kier molecular flexibility index (Phi) is 4.94. The van der Waals surface area contributed by atoms with Crippen molar-refractivity contribution in [3.8, 4) is 5.69 Å². The summed E-state index contributed by atoms with van der Waals surface area (Å²) in [6, 6.07) is 18.4. The molecule has 1 radical (unpaired) electrons. The van der Waals surface area contributed by atoms with Crippen molar-refractivity contribution in [1.29, 1.82) is 0 Å². The van der Waals surface area contributed by atoms with Crippen LogP contribution in [0.2, 0.25) is 0 Å². The number of hydrogen-bond donors (Lipinski definition) is 2.